The molecule has 0 saturated heterocycles. The number of amides is 2. The maximum absolute atomic E-state index is 12.3. The molecule has 5 nitrogen and oxygen atoms in total. The van der Waals surface area contributed by atoms with Gasteiger partial charge in [0.2, 0.25) is 0 Å². The van der Waals surface area contributed by atoms with Crippen LogP contribution in [0.3, 0.4) is 0 Å². The van der Waals surface area contributed by atoms with E-state index in [2.05, 4.69) is 0 Å². The first kappa shape index (κ1) is 17.5. The van der Waals surface area contributed by atoms with Crippen LogP contribution >= 0.6 is 11.6 Å². The lowest BCUT2D eigenvalue weighted by molar-refractivity contribution is -0.878. The number of imide groups is 1. The molecular formula is C19H20ClN2O3+. The minimum atomic E-state index is -0.203. The molecular weight excluding hydrogens is 340 g/mol. The van der Waals surface area contributed by atoms with Crippen LogP contribution in [0.25, 0.3) is 0 Å². The Morgan fingerprint density at radius 3 is 2.16 bits per heavy atom. The highest BCUT2D eigenvalue weighted by atomic mass is 35.5. The van der Waals surface area contributed by atoms with Crippen molar-refractivity contribution < 1.29 is 19.2 Å². The molecule has 0 aromatic heterocycles. The van der Waals surface area contributed by atoms with Crippen LogP contribution in [-0.4, -0.2) is 50.0 Å². The van der Waals surface area contributed by atoms with Crippen molar-refractivity contribution in [2.24, 2.45) is 0 Å². The largest absolute Gasteiger partial charge is 0.488 e. The van der Waals surface area contributed by atoms with Crippen molar-refractivity contribution in [3.05, 3.63) is 64.7 Å². The number of nitrogens with one attached hydrogen (secondary N) is 1. The van der Waals surface area contributed by atoms with Crippen LogP contribution in [0.5, 0.6) is 5.75 Å². The summed E-state index contributed by atoms with van der Waals surface area (Å²) < 4.78 is 5.67. The molecule has 1 atom stereocenters. The first-order valence-electron chi connectivity index (χ1n) is 8.21. The molecule has 2 amide bonds. The summed E-state index contributed by atoms with van der Waals surface area (Å²) in [6, 6.07) is 14.2. The topological polar surface area (TPSA) is 51.1 Å². The zero-order chi connectivity index (χ0) is 17.8. The minimum Gasteiger partial charge on any atom is -0.488 e. The summed E-state index contributed by atoms with van der Waals surface area (Å²) in [5.41, 5.74) is 0.993. The van der Waals surface area contributed by atoms with Crippen molar-refractivity contribution in [1.29, 1.82) is 0 Å². The standard InChI is InChI=1S/C19H19ClN2O3/c1-21(12-13-25-15-8-6-14(20)7-9-15)10-11-22-18(23)16-4-2-3-5-17(16)19(22)24/h2-9H,10-13H2,1H3/p+1. The summed E-state index contributed by atoms with van der Waals surface area (Å²) in [7, 11) is 2.02. The van der Waals surface area contributed by atoms with Crippen LogP contribution in [0.1, 0.15) is 20.7 Å². The Morgan fingerprint density at radius 1 is 0.960 bits per heavy atom. The Kier molecular flexibility index (Phi) is 5.36. The van der Waals surface area contributed by atoms with Gasteiger partial charge in [0, 0.05) is 5.02 Å². The first-order valence-corrected chi connectivity index (χ1v) is 8.59. The maximum Gasteiger partial charge on any atom is 0.261 e. The number of carbonyl (C=O) groups is 2. The Hall–Kier alpha value is -2.37. The number of fused-ring (bicyclic) bond motifs is 1. The third-order valence-corrected chi connectivity index (χ3v) is 4.50. The van der Waals surface area contributed by atoms with Gasteiger partial charge in [-0.1, -0.05) is 23.7 Å². The molecule has 0 saturated carbocycles. The lowest BCUT2D eigenvalue weighted by Crippen LogP contribution is -3.10. The van der Waals surface area contributed by atoms with E-state index in [9.17, 15) is 9.59 Å². The molecule has 0 fully saturated rings. The summed E-state index contributed by atoms with van der Waals surface area (Å²) in [6.45, 7) is 2.40. The molecule has 0 aliphatic carbocycles. The summed E-state index contributed by atoms with van der Waals surface area (Å²) in [4.78, 5) is 27.1. The summed E-state index contributed by atoms with van der Waals surface area (Å²) in [6.07, 6.45) is 0. The predicted molar refractivity (Wildman–Crippen MR) is 95.4 cm³/mol. The Morgan fingerprint density at radius 2 is 1.56 bits per heavy atom. The molecule has 6 heteroatoms. The molecule has 2 aromatic rings. The fraction of sp³-hybridized carbons (Fsp3) is 0.263. The van der Waals surface area contributed by atoms with E-state index in [4.69, 9.17) is 16.3 Å². The fourth-order valence-electron chi connectivity index (χ4n) is 2.74. The van der Waals surface area contributed by atoms with Crippen molar-refractivity contribution in [2.75, 3.05) is 33.3 Å². The van der Waals surface area contributed by atoms with Gasteiger partial charge in [0.25, 0.3) is 11.8 Å². The Balaban J connectivity index is 1.45. The number of benzene rings is 2. The van der Waals surface area contributed by atoms with E-state index in [1.54, 1.807) is 36.4 Å². The zero-order valence-electron chi connectivity index (χ0n) is 14.0. The number of rotatable bonds is 7. The third-order valence-electron chi connectivity index (χ3n) is 4.25. The molecule has 0 bridgehead atoms. The van der Waals surface area contributed by atoms with E-state index in [-0.39, 0.29) is 11.8 Å². The van der Waals surface area contributed by atoms with E-state index < -0.39 is 0 Å². The molecule has 0 spiro atoms. The third kappa shape index (κ3) is 4.00. The molecule has 1 N–H and O–H groups in total. The highest BCUT2D eigenvalue weighted by Crippen LogP contribution is 2.21. The van der Waals surface area contributed by atoms with Gasteiger partial charge in [-0.2, -0.15) is 0 Å². The van der Waals surface area contributed by atoms with Gasteiger partial charge >= 0.3 is 0 Å². The number of likely N-dealkylation sites (N-methyl/N-ethyl adjacent to an activating group) is 1. The predicted octanol–water partition coefficient (Wildman–Crippen LogP) is 1.53. The molecule has 0 radical (unpaired) electrons. The first-order chi connectivity index (χ1) is 12.1. The lowest BCUT2D eigenvalue weighted by atomic mass is 10.1. The molecule has 3 rings (SSSR count). The SMILES string of the molecule is C[NH+](CCOc1ccc(Cl)cc1)CCN1C(=O)c2ccccc2C1=O. The smallest absolute Gasteiger partial charge is 0.261 e. The Labute approximate surface area is 151 Å². The molecule has 1 heterocycles. The van der Waals surface area contributed by atoms with Gasteiger partial charge in [-0.25, -0.2) is 0 Å². The van der Waals surface area contributed by atoms with E-state index in [1.165, 1.54) is 9.80 Å². The second-order valence-corrected chi connectivity index (χ2v) is 6.50. The van der Waals surface area contributed by atoms with Crippen molar-refractivity contribution in [2.45, 2.75) is 0 Å². The minimum absolute atomic E-state index is 0.203. The van der Waals surface area contributed by atoms with Crippen molar-refractivity contribution in [3.8, 4) is 5.75 Å². The van der Waals surface area contributed by atoms with Crippen molar-refractivity contribution in [1.82, 2.24) is 4.90 Å². The average Bonchev–Trinajstić information content (AvgIpc) is 2.86. The molecule has 2 aromatic carbocycles. The number of hydrogen-bond donors (Lipinski definition) is 1. The van der Waals surface area contributed by atoms with E-state index in [0.29, 0.717) is 35.8 Å². The van der Waals surface area contributed by atoms with Gasteiger partial charge < -0.3 is 9.64 Å². The van der Waals surface area contributed by atoms with Gasteiger partial charge in [-0.3, -0.25) is 14.5 Å². The number of nitrogens with zero attached hydrogens (tertiary/aromatic N) is 1. The lowest BCUT2D eigenvalue weighted by Gasteiger charge is -2.18. The highest BCUT2D eigenvalue weighted by Gasteiger charge is 2.35. The van der Waals surface area contributed by atoms with Crippen molar-refractivity contribution in [3.63, 3.8) is 0 Å². The second kappa shape index (κ2) is 7.68. The quantitative estimate of drug-likeness (QED) is 0.763. The van der Waals surface area contributed by atoms with Crippen molar-refractivity contribution >= 4 is 23.4 Å². The highest BCUT2D eigenvalue weighted by molar-refractivity contribution is 6.30. The molecule has 1 unspecified atom stereocenters. The van der Waals surface area contributed by atoms with Crippen LogP contribution in [-0.2, 0) is 0 Å². The summed E-state index contributed by atoms with van der Waals surface area (Å²) in [5, 5.41) is 0.677. The van der Waals surface area contributed by atoms with E-state index in [0.717, 1.165) is 12.3 Å². The van der Waals surface area contributed by atoms with Gasteiger partial charge in [0.1, 0.15) is 18.9 Å². The van der Waals surface area contributed by atoms with E-state index in [1.807, 2.05) is 19.2 Å². The van der Waals surface area contributed by atoms with Gasteiger partial charge in [-0.05, 0) is 36.4 Å². The Bertz CT molecular complexity index is 741. The average molecular weight is 360 g/mol. The summed E-state index contributed by atoms with van der Waals surface area (Å²) >= 11 is 5.84. The molecule has 1 aliphatic heterocycles. The van der Waals surface area contributed by atoms with Gasteiger partial charge in [0.15, 0.2) is 0 Å². The zero-order valence-corrected chi connectivity index (χ0v) is 14.8. The molecule has 130 valence electrons. The van der Waals surface area contributed by atoms with Crippen LogP contribution in [0.2, 0.25) is 5.02 Å². The van der Waals surface area contributed by atoms with E-state index >= 15 is 0 Å². The number of halogens is 1. The number of carbonyl (C=O) groups excluding carboxylic acids is 2. The number of ether oxygens (including phenoxy) is 1. The maximum atomic E-state index is 12.3. The molecule has 25 heavy (non-hydrogen) atoms. The monoisotopic (exact) mass is 359 g/mol. The second-order valence-electron chi connectivity index (χ2n) is 6.07. The van der Waals surface area contributed by atoms with Crippen LogP contribution < -0.4 is 9.64 Å². The normalized spacial score (nSPS) is 14.6. The van der Waals surface area contributed by atoms with Crippen LogP contribution in [0.15, 0.2) is 48.5 Å². The van der Waals surface area contributed by atoms with Gasteiger partial charge in [-0.15, -0.1) is 0 Å². The molecule has 1 aliphatic rings. The number of quaternary nitrogens is 1. The van der Waals surface area contributed by atoms with Crippen LogP contribution in [0, 0.1) is 0 Å². The fourth-order valence-corrected chi connectivity index (χ4v) is 2.87. The van der Waals surface area contributed by atoms with Crippen LogP contribution in [0.4, 0.5) is 0 Å². The number of hydrogen-bond acceptors (Lipinski definition) is 3. The summed E-state index contributed by atoms with van der Waals surface area (Å²) in [5.74, 6) is 0.370. The van der Waals surface area contributed by atoms with Gasteiger partial charge in [0.05, 0.1) is 31.3 Å².